The average Bonchev–Trinajstić information content (AvgIpc) is 2.34. The van der Waals surface area contributed by atoms with E-state index in [0.717, 1.165) is 0 Å². The molecule has 0 fully saturated rings. The summed E-state index contributed by atoms with van der Waals surface area (Å²) < 4.78 is 5.15. The zero-order valence-electron chi connectivity index (χ0n) is 9.90. The van der Waals surface area contributed by atoms with Crippen LogP contribution in [-0.4, -0.2) is 36.7 Å². The number of ether oxygens (including phenoxy) is 1. The maximum atomic E-state index is 10.7. The molecule has 0 bridgehead atoms. The fourth-order valence-corrected chi connectivity index (χ4v) is 1.24. The molecule has 0 spiro atoms. The van der Waals surface area contributed by atoms with Crippen molar-refractivity contribution >= 4 is 17.3 Å². The number of nitrogens with zero attached hydrogens (tertiary/aromatic N) is 2. The van der Waals surface area contributed by atoms with Crippen LogP contribution in [0.25, 0.3) is 0 Å². The lowest BCUT2D eigenvalue weighted by Crippen LogP contribution is -2.11. The molecule has 0 aliphatic carbocycles. The molecule has 0 aromatic carbocycles. The predicted octanol–water partition coefficient (Wildman–Crippen LogP) is 1.48. The van der Waals surface area contributed by atoms with Crippen LogP contribution >= 0.6 is 0 Å². The van der Waals surface area contributed by atoms with Crippen LogP contribution in [0.4, 0.5) is 17.3 Å². The molecule has 1 aromatic rings. The van der Waals surface area contributed by atoms with Gasteiger partial charge < -0.3 is 15.4 Å². The summed E-state index contributed by atoms with van der Waals surface area (Å²) in [7, 11) is 1.66. The van der Waals surface area contributed by atoms with E-state index in [1.807, 2.05) is 6.92 Å². The van der Waals surface area contributed by atoms with Crippen molar-refractivity contribution < 1.29 is 9.66 Å². The lowest BCUT2D eigenvalue weighted by molar-refractivity contribution is -0.384. The van der Waals surface area contributed by atoms with Crippen LogP contribution < -0.4 is 10.6 Å². The topological polar surface area (TPSA) is 89.3 Å². The van der Waals surface area contributed by atoms with Gasteiger partial charge in [-0.05, 0) is 6.92 Å². The van der Waals surface area contributed by atoms with E-state index in [2.05, 4.69) is 15.6 Å². The van der Waals surface area contributed by atoms with Crippen LogP contribution in [0.15, 0.2) is 12.1 Å². The first-order chi connectivity index (χ1) is 8.17. The molecule has 7 nitrogen and oxygen atoms in total. The smallest absolute Gasteiger partial charge is 0.276 e. The van der Waals surface area contributed by atoms with E-state index < -0.39 is 4.92 Å². The minimum atomic E-state index is -0.448. The summed E-state index contributed by atoms with van der Waals surface area (Å²) in [6.45, 7) is 3.65. The Morgan fingerprint density at radius 2 is 2.18 bits per heavy atom. The molecule has 17 heavy (non-hydrogen) atoms. The molecule has 0 aliphatic heterocycles. The minimum Gasteiger partial charge on any atom is -0.380 e. The second kappa shape index (κ2) is 6.64. The molecule has 0 amide bonds. The Balaban J connectivity index is 2.70. The highest BCUT2D eigenvalue weighted by atomic mass is 16.6. The van der Waals surface area contributed by atoms with Gasteiger partial charge >= 0.3 is 0 Å². The van der Waals surface area contributed by atoms with E-state index in [1.165, 1.54) is 12.1 Å². The van der Waals surface area contributed by atoms with Crippen LogP contribution in [0.2, 0.25) is 0 Å². The van der Waals surface area contributed by atoms with Crippen LogP contribution in [0.1, 0.15) is 6.92 Å². The molecule has 94 valence electrons. The van der Waals surface area contributed by atoms with Crippen molar-refractivity contribution in [2.24, 2.45) is 0 Å². The van der Waals surface area contributed by atoms with E-state index in [-0.39, 0.29) is 5.69 Å². The summed E-state index contributed by atoms with van der Waals surface area (Å²) in [6.07, 6.45) is 0. The highest BCUT2D eigenvalue weighted by Gasteiger charge is 2.10. The Morgan fingerprint density at radius 1 is 1.47 bits per heavy atom. The lowest BCUT2D eigenvalue weighted by atomic mass is 10.3. The quantitative estimate of drug-likeness (QED) is 0.426. The van der Waals surface area contributed by atoms with Crippen LogP contribution in [0.3, 0.4) is 0 Å². The fourth-order valence-electron chi connectivity index (χ4n) is 1.24. The van der Waals surface area contributed by atoms with Crippen LogP contribution in [0.5, 0.6) is 0 Å². The molecule has 0 saturated heterocycles. The van der Waals surface area contributed by atoms with Crippen molar-refractivity contribution in [3.63, 3.8) is 0 Å². The van der Waals surface area contributed by atoms with Gasteiger partial charge in [0.2, 0.25) is 0 Å². The molecule has 1 heterocycles. The third-order valence-electron chi connectivity index (χ3n) is 2.03. The molecule has 1 rings (SSSR count). The van der Waals surface area contributed by atoms with E-state index in [4.69, 9.17) is 4.74 Å². The molecule has 0 atom stereocenters. The van der Waals surface area contributed by atoms with E-state index in [0.29, 0.717) is 31.4 Å². The Morgan fingerprint density at radius 3 is 2.76 bits per heavy atom. The summed E-state index contributed by atoms with van der Waals surface area (Å²) in [5.74, 6) is 0.918. The Bertz CT molecular complexity index is 384. The monoisotopic (exact) mass is 240 g/mol. The highest BCUT2D eigenvalue weighted by molar-refractivity contribution is 5.54. The van der Waals surface area contributed by atoms with Gasteiger partial charge in [-0.15, -0.1) is 0 Å². The summed E-state index contributed by atoms with van der Waals surface area (Å²) in [5, 5.41) is 16.4. The number of hydrogen-bond donors (Lipinski definition) is 2. The van der Waals surface area contributed by atoms with Crippen molar-refractivity contribution in [1.29, 1.82) is 0 Å². The van der Waals surface area contributed by atoms with Gasteiger partial charge in [0.1, 0.15) is 11.6 Å². The first-order valence-corrected chi connectivity index (χ1v) is 5.33. The molecular formula is C10H16N4O3. The van der Waals surface area contributed by atoms with E-state index >= 15 is 0 Å². The maximum Gasteiger partial charge on any atom is 0.276 e. The predicted molar refractivity (Wildman–Crippen MR) is 65.4 cm³/mol. The van der Waals surface area contributed by atoms with Crippen molar-refractivity contribution in [2.75, 3.05) is 37.4 Å². The number of anilines is 2. The molecule has 2 N–H and O–H groups in total. The second-order valence-electron chi connectivity index (χ2n) is 3.23. The zero-order valence-corrected chi connectivity index (χ0v) is 9.90. The standard InChI is InChI=1S/C10H16N4O3/c1-3-17-5-4-12-10-7-8(14(15)16)6-9(11-2)13-10/h6-7H,3-5H2,1-2H3,(H2,11,12,13). The molecule has 7 heteroatoms. The lowest BCUT2D eigenvalue weighted by Gasteiger charge is -2.07. The van der Waals surface area contributed by atoms with Crippen LogP contribution in [-0.2, 0) is 4.74 Å². The van der Waals surface area contributed by atoms with Crippen molar-refractivity contribution in [1.82, 2.24) is 4.98 Å². The summed E-state index contributed by atoms with van der Waals surface area (Å²) in [5.41, 5.74) is 0.00302. The molecule has 0 unspecified atom stereocenters. The Hall–Kier alpha value is -1.89. The summed E-state index contributed by atoms with van der Waals surface area (Å²) in [6, 6.07) is 2.78. The van der Waals surface area contributed by atoms with E-state index in [9.17, 15) is 10.1 Å². The van der Waals surface area contributed by atoms with Gasteiger partial charge in [-0.1, -0.05) is 0 Å². The Labute approximate surface area is 99.3 Å². The number of pyridine rings is 1. The summed E-state index contributed by atoms with van der Waals surface area (Å²) in [4.78, 5) is 14.4. The first kappa shape index (κ1) is 13.2. The molecule has 0 saturated carbocycles. The van der Waals surface area contributed by atoms with Gasteiger partial charge in [0, 0.05) is 20.2 Å². The first-order valence-electron chi connectivity index (χ1n) is 5.33. The van der Waals surface area contributed by atoms with Crippen molar-refractivity contribution in [2.45, 2.75) is 6.92 Å². The van der Waals surface area contributed by atoms with E-state index in [1.54, 1.807) is 7.05 Å². The Kier molecular flexibility index (Phi) is 5.15. The van der Waals surface area contributed by atoms with Gasteiger partial charge in [-0.3, -0.25) is 10.1 Å². The molecule has 0 aliphatic rings. The third kappa shape index (κ3) is 4.23. The second-order valence-corrected chi connectivity index (χ2v) is 3.23. The van der Waals surface area contributed by atoms with Crippen molar-refractivity contribution in [3.05, 3.63) is 22.2 Å². The maximum absolute atomic E-state index is 10.7. The number of nitro groups is 1. The van der Waals surface area contributed by atoms with Gasteiger partial charge in [0.25, 0.3) is 5.69 Å². The minimum absolute atomic E-state index is 0.00302. The van der Waals surface area contributed by atoms with Crippen molar-refractivity contribution in [3.8, 4) is 0 Å². The third-order valence-corrected chi connectivity index (χ3v) is 2.03. The van der Waals surface area contributed by atoms with Gasteiger partial charge in [-0.25, -0.2) is 4.98 Å². The largest absolute Gasteiger partial charge is 0.380 e. The van der Waals surface area contributed by atoms with Crippen LogP contribution in [0, 0.1) is 10.1 Å². The van der Waals surface area contributed by atoms with Gasteiger partial charge in [-0.2, -0.15) is 0 Å². The molecular weight excluding hydrogens is 224 g/mol. The number of aromatic nitrogens is 1. The van der Waals surface area contributed by atoms with Gasteiger partial charge in [0.05, 0.1) is 23.7 Å². The summed E-state index contributed by atoms with van der Waals surface area (Å²) >= 11 is 0. The number of nitrogens with one attached hydrogen (secondary N) is 2. The molecule has 0 radical (unpaired) electrons. The normalized spacial score (nSPS) is 10.0. The molecule has 1 aromatic heterocycles. The van der Waals surface area contributed by atoms with Gasteiger partial charge in [0.15, 0.2) is 0 Å². The fraction of sp³-hybridized carbons (Fsp3) is 0.500. The average molecular weight is 240 g/mol. The SMILES string of the molecule is CCOCCNc1cc([N+](=O)[O-])cc(NC)n1. The number of hydrogen-bond acceptors (Lipinski definition) is 6. The highest BCUT2D eigenvalue weighted by Crippen LogP contribution is 2.19. The zero-order chi connectivity index (χ0) is 12.7. The number of rotatable bonds is 7.